The molecule has 1 fully saturated rings. The summed E-state index contributed by atoms with van der Waals surface area (Å²) in [6, 6.07) is 3.13. The molecule has 6 heteroatoms. The van der Waals surface area contributed by atoms with Crippen LogP contribution in [-0.4, -0.2) is 31.1 Å². The Labute approximate surface area is 116 Å². The van der Waals surface area contributed by atoms with Gasteiger partial charge in [0.15, 0.2) is 11.6 Å². The molecular weight excluding hydrogens is 264 g/mol. The van der Waals surface area contributed by atoms with Crippen LogP contribution in [0.3, 0.4) is 0 Å². The molecule has 0 bridgehead atoms. The molecule has 110 valence electrons. The molecule has 0 aliphatic carbocycles. The third-order valence-electron chi connectivity index (χ3n) is 3.60. The van der Waals surface area contributed by atoms with Crippen molar-refractivity contribution in [2.45, 2.75) is 31.3 Å². The number of amides is 1. The normalized spacial score (nSPS) is 24.2. The number of hydrogen-bond donors (Lipinski definition) is 3. The Morgan fingerprint density at radius 3 is 2.85 bits per heavy atom. The number of nitrogens with one attached hydrogen (secondary N) is 2. The lowest BCUT2D eigenvalue weighted by Crippen LogP contribution is -2.53. The number of hydrogen-bond acceptors (Lipinski definition) is 3. The van der Waals surface area contributed by atoms with Gasteiger partial charge in [0.1, 0.15) is 0 Å². The molecule has 4 N–H and O–H groups in total. The molecule has 20 heavy (non-hydrogen) atoms. The number of benzene rings is 1. The van der Waals surface area contributed by atoms with Gasteiger partial charge in [0.25, 0.3) is 0 Å². The SMILES string of the molecule is CC(N)C(=O)NC1CNCCC1c1ccc(F)c(F)c1. The number of halogens is 2. The van der Waals surface area contributed by atoms with Crippen molar-refractivity contribution in [1.82, 2.24) is 10.6 Å². The van der Waals surface area contributed by atoms with Crippen LogP contribution in [0.5, 0.6) is 0 Å². The highest BCUT2D eigenvalue weighted by atomic mass is 19.2. The smallest absolute Gasteiger partial charge is 0.236 e. The van der Waals surface area contributed by atoms with E-state index in [4.69, 9.17) is 5.73 Å². The van der Waals surface area contributed by atoms with Crippen LogP contribution in [0.15, 0.2) is 18.2 Å². The van der Waals surface area contributed by atoms with Gasteiger partial charge in [-0.25, -0.2) is 8.78 Å². The molecule has 1 aliphatic rings. The summed E-state index contributed by atoms with van der Waals surface area (Å²) in [4.78, 5) is 11.7. The first-order chi connectivity index (χ1) is 9.49. The third-order valence-corrected chi connectivity index (χ3v) is 3.60. The average molecular weight is 283 g/mol. The van der Waals surface area contributed by atoms with Gasteiger partial charge in [-0.2, -0.15) is 0 Å². The molecule has 0 saturated carbocycles. The second-order valence-electron chi connectivity index (χ2n) is 5.18. The van der Waals surface area contributed by atoms with Gasteiger partial charge >= 0.3 is 0 Å². The Morgan fingerprint density at radius 2 is 2.20 bits per heavy atom. The molecule has 3 unspecified atom stereocenters. The van der Waals surface area contributed by atoms with Crippen molar-refractivity contribution in [3.63, 3.8) is 0 Å². The van der Waals surface area contributed by atoms with Gasteiger partial charge in [0.05, 0.1) is 6.04 Å². The number of piperidine rings is 1. The lowest BCUT2D eigenvalue weighted by molar-refractivity contribution is -0.122. The van der Waals surface area contributed by atoms with E-state index in [0.717, 1.165) is 19.0 Å². The van der Waals surface area contributed by atoms with Crippen LogP contribution in [0.4, 0.5) is 8.78 Å². The van der Waals surface area contributed by atoms with E-state index in [2.05, 4.69) is 10.6 Å². The topological polar surface area (TPSA) is 67.2 Å². The molecule has 0 radical (unpaired) electrons. The number of carbonyl (C=O) groups is 1. The van der Waals surface area contributed by atoms with Gasteiger partial charge in [-0.3, -0.25) is 4.79 Å². The first-order valence-electron chi connectivity index (χ1n) is 6.70. The maximum Gasteiger partial charge on any atom is 0.236 e. The lowest BCUT2D eigenvalue weighted by atomic mass is 9.86. The van der Waals surface area contributed by atoms with Crippen molar-refractivity contribution in [3.8, 4) is 0 Å². The van der Waals surface area contributed by atoms with Crippen LogP contribution < -0.4 is 16.4 Å². The summed E-state index contributed by atoms with van der Waals surface area (Å²) in [6.45, 7) is 2.97. The molecule has 1 aromatic carbocycles. The van der Waals surface area contributed by atoms with E-state index >= 15 is 0 Å². The van der Waals surface area contributed by atoms with E-state index in [1.807, 2.05) is 0 Å². The summed E-state index contributed by atoms with van der Waals surface area (Å²) < 4.78 is 26.4. The van der Waals surface area contributed by atoms with E-state index in [1.54, 1.807) is 13.0 Å². The summed E-state index contributed by atoms with van der Waals surface area (Å²) in [5, 5.41) is 6.04. The minimum atomic E-state index is -0.863. The summed E-state index contributed by atoms with van der Waals surface area (Å²) in [5.41, 5.74) is 6.23. The van der Waals surface area contributed by atoms with Crippen LogP contribution >= 0.6 is 0 Å². The third kappa shape index (κ3) is 3.32. The average Bonchev–Trinajstić information content (AvgIpc) is 2.42. The van der Waals surface area contributed by atoms with Gasteiger partial charge in [0.2, 0.25) is 5.91 Å². The van der Waals surface area contributed by atoms with Crippen molar-refractivity contribution in [3.05, 3.63) is 35.4 Å². The molecule has 3 atom stereocenters. The minimum Gasteiger partial charge on any atom is -0.350 e. The van der Waals surface area contributed by atoms with Gasteiger partial charge in [0, 0.05) is 18.5 Å². The fraction of sp³-hybridized carbons (Fsp3) is 0.500. The molecule has 1 amide bonds. The largest absolute Gasteiger partial charge is 0.350 e. The predicted molar refractivity (Wildman–Crippen MR) is 72.2 cm³/mol. The van der Waals surface area contributed by atoms with Crippen LogP contribution in [0, 0.1) is 11.6 Å². The molecule has 4 nitrogen and oxygen atoms in total. The zero-order chi connectivity index (χ0) is 14.7. The van der Waals surface area contributed by atoms with Gasteiger partial charge in [-0.05, 0) is 37.6 Å². The van der Waals surface area contributed by atoms with Crippen LogP contribution in [-0.2, 0) is 4.79 Å². The summed E-state index contributed by atoms with van der Waals surface area (Å²) >= 11 is 0. The van der Waals surface area contributed by atoms with Crippen LogP contribution in [0.2, 0.25) is 0 Å². The molecule has 1 aromatic rings. The number of nitrogens with two attached hydrogens (primary N) is 1. The highest BCUT2D eigenvalue weighted by Gasteiger charge is 2.28. The van der Waals surface area contributed by atoms with Crippen molar-refractivity contribution in [2.75, 3.05) is 13.1 Å². The van der Waals surface area contributed by atoms with E-state index in [0.29, 0.717) is 12.1 Å². The Morgan fingerprint density at radius 1 is 1.45 bits per heavy atom. The van der Waals surface area contributed by atoms with E-state index in [-0.39, 0.29) is 17.9 Å². The zero-order valence-electron chi connectivity index (χ0n) is 11.3. The van der Waals surface area contributed by atoms with E-state index in [9.17, 15) is 13.6 Å². The zero-order valence-corrected chi connectivity index (χ0v) is 11.3. The Bertz CT molecular complexity index is 493. The second-order valence-corrected chi connectivity index (χ2v) is 5.18. The van der Waals surface area contributed by atoms with Gasteiger partial charge < -0.3 is 16.4 Å². The minimum absolute atomic E-state index is 0.0472. The molecule has 1 heterocycles. The Kier molecular flexibility index (Phi) is 4.67. The van der Waals surface area contributed by atoms with Crippen molar-refractivity contribution < 1.29 is 13.6 Å². The molecule has 0 aromatic heterocycles. The van der Waals surface area contributed by atoms with Crippen molar-refractivity contribution >= 4 is 5.91 Å². The van der Waals surface area contributed by atoms with Crippen LogP contribution in [0.25, 0.3) is 0 Å². The fourth-order valence-corrected chi connectivity index (χ4v) is 2.47. The van der Waals surface area contributed by atoms with E-state index in [1.165, 1.54) is 6.07 Å². The molecule has 2 rings (SSSR count). The molecule has 1 saturated heterocycles. The standard InChI is InChI=1S/C14H19F2N3O/c1-8(17)14(20)19-13-7-18-5-4-10(13)9-2-3-11(15)12(16)6-9/h2-3,6,8,10,13,18H,4-5,7,17H2,1H3,(H,19,20). The van der Waals surface area contributed by atoms with Crippen molar-refractivity contribution in [1.29, 1.82) is 0 Å². The van der Waals surface area contributed by atoms with Crippen LogP contribution in [0.1, 0.15) is 24.8 Å². The Hall–Kier alpha value is -1.53. The van der Waals surface area contributed by atoms with Gasteiger partial charge in [-0.15, -0.1) is 0 Å². The highest BCUT2D eigenvalue weighted by Crippen LogP contribution is 2.27. The fourth-order valence-electron chi connectivity index (χ4n) is 2.47. The summed E-state index contributed by atoms with van der Waals surface area (Å²) in [7, 11) is 0. The molecule has 0 spiro atoms. The molecular formula is C14H19F2N3O. The van der Waals surface area contributed by atoms with E-state index < -0.39 is 17.7 Å². The van der Waals surface area contributed by atoms with Crippen molar-refractivity contribution in [2.24, 2.45) is 5.73 Å². The molecule has 1 aliphatic heterocycles. The first-order valence-corrected chi connectivity index (χ1v) is 6.70. The second kappa shape index (κ2) is 6.28. The quantitative estimate of drug-likeness (QED) is 0.771. The lowest BCUT2D eigenvalue weighted by Gasteiger charge is -2.33. The summed E-state index contributed by atoms with van der Waals surface area (Å²) in [6.07, 6.45) is 0.745. The predicted octanol–water partition coefficient (Wildman–Crippen LogP) is 0.874. The maximum absolute atomic E-state index is 13.4. The number of rotatable bonds is 3. The highest BCUT2D eigenvalue weighted by molar-refractivity contribution is 5.81. The first kappa shape index (κ1) is 14.9. The number of carbonyl (C=O) groups excluding carboxylic acids is 1. The maximum atomic E-state index is 13.4. The monoisotopic (exact) mass is 283 g/mol. The summed E-state index contributed by atoms with van der Waals surface area (Å²) in [5.74, 6) is -2.02. The Balaban J connectivity index is 2.17. The van der Waals surface area contributed by atoms with Gasteiger partial charge in [-0.1, -0.05) is 6.07 Å².